The normalized spacial score (nSPS) is 22.3. The molecule has 1 aromatic heterocycles. The average molecular weight is 343 g/mol. The molecule has 7 heteroatoms. The van der Waals surface area contributed by atoms with Crippen molar-refractivity contribution in [2.24, 2.45) is 0 Å². The van der Waals surface area contributed by atoms with Crippen LogP contribution in [-0.2, 0) is 11.3 Å². The lowest BCUT2D eigenvalue weighted by molar-refractivity contribution is 0.0256. The van der Waals surface area contributed by atoms with Crippen LogP contribution in [0.5, 0.6) is 0 Å². The number of ether oxygens (including phenoxy) is 1. The molecule has 2 rings (SSSR count). The Morgan fingerprint density at radius 2 is 2.26 bits per heavy atom. The fourth-order valence-corrected chi connectivity index (χ4v) is 3.50. The average Bonchev–Trinajstić information content (AvgIpc) is 2.95. The number of amides is 1. The van der Waals surface area contributed by atoms with Crippen molar-refractivity contribution in [3.05, 3.63) is 16.1 Å². The molecule has 23 heavy (non-hydrogen) atoms. The molecular formula is C16H26FN3O2S. The molecule has 1 saturated heterocycles. The summed E-state index contributed by atoms with van der Waals surface area (Å²) in [5.74, 6) is 0. The maximum absolute atomic E-state index is 13.9. The fourth-order valence-electron chi connectivity index (χ4n) is 2.70. The Balaban J connectivity index is 1.96. The number of hydrogen-bond acceptors (Lipinski definition) is 5. The molecule has 0 spiro atoms. The summed E-state index contributed by atoms with van der Waals surface area (Å²) in [6.45, 7) is 9.04. The number of carbonyl (C=O) groups excluding carboxylic acids is 1. The maximum atomic E-state index is 13.9. The van der Waals surface area contributed by atoms with E-state index in [1.807, 2.05) is 33.2 Å². The van der Waals surface area contributed by atoms with E-state index < -0.39 is 11.8 Å². The predicted octanol–water partition coefficient (Wildman–Crippen LogP) is 3.23. The third kappa shape index (κ3) is 5.14. The molecule has 1 aromatic rings. The Morgan fingerprint density at radius 3 is 2.83 bits per heavy atom. The number of likely N-dealkylation sites (N-methyl/N-ethyl adjacent to an activating group) is 1. The summed E-state index contributed by atoms with van der Waals surface area (Å²) in [6.07, 6.45) is -0.765. The zero-order valence-corrected chi connectivity index (χ0v) is 15.3. The predicted molar refractivity (Wildman–Crippen MR) is 89.4 cm³/mol. The zero-order chi connectivity index (χ0) is 17.2. The van der Waals surface area contributed by atoms with Crippen LogP contribution in [-0.4, -0.2) is 58.8 Å². The van der Waals surface area contributed by atoms with Crippen molar-refractivity contribution < 1.29 is 13.9 Å². The molecule has 1 aliphatic rings. The van der Waals surface area contributed by atoms with Crippen LogP contribution >= 0.6 is 11.3 Å². The van der Waals surface area contributed by atoms with E-state index in [4.69, 9.17) is 4.74 Å². The van der Waals surface area contributed by atoms with E-state index >= 15 is 0 Å². The van der Waals surface area contributed by atoms with Gasteiger partial charge in [0, 0.05) is 37.6 Å². The van der Waals surface area contributed by atoms with Gasteiger partial charge in [-0.2, -0.15) is 0 Å². The Labute approximate surface area is 141 Å². The van der Waals surface area contributed by atoms with Crippen LogP contribution in [0.4, 0.5) is 9.18 Å². The van der Waals surface area contributed by atoms with Crippen LogP contribution < -0.4 is 0 Å². The minimum absolute atomic E-state index is 0.00372. The molecule has 130 valence electrons. The highest BCUT2D eigenvalue weighted by Crippen LogP contribution is 2.26. The number of carbonyl (C=O) groups is 1. The Bertz CT molecular complexity index is 544. The molecule has 0 aliphatic carbocycles. The lowest BCUT2D eigenvalue weighted by atomic mass is 10.2. The second-order valence-electron chi connectivity index (χ2n) is 7.14. The molecule has 0 saturated carbocycles. The number of thiazole rings is 1. The summed E-state index contributed by atoms with van der Waals surface area (Å²) in [6, 6.07) is 0.00372. The minimum atomic E-state index is -0.847. The molecule has 1 fully saturated rings. The molecule has 0 N–H and O–H groups in total. The van der Waals surface area contributed by atoms with Crippen molar-refractivity contribution in [3.63, 3.8) is 0 Å². The Hall–Kier alpha value is -1.21. The third-order valence-electron chi connectivity index (χ3n) is 3.86. The highest BCUT2D eigenvalue weighted by atomic mass is 32.1. The largest absolute Gasteiger partial charge is 0.444 e. The lowest BCUT2D eigenvalue weighted by Crippen LogP contribution is -2.42. The topological polar surface area (TPSA) is 45.7 Å². The zero-order valence-electron chi connectivity index (χ0n) is 14.5. The van der Waals surface area contributed by atoms with Gasteiger partial charge in [0.2, 0.25) is 0 Å². The fraction of sp³-hybridized carbons (Fsp3) is 0.750. The minimum Gasteiger partial charge on any atom is -0.444 e. The standard InChI is InChI=1S/C16H26FN3O2S/c1-11-14(23-10-18-11)9-20-7-12(17)6-13(20)8-19(5)15(21)22-16(2,3)4/h10,12-13H,6-9H2,1-5H3/t12-,13-/m0/s1. The van der Waals surface area contributed by atoms with Crippen molar-refractivity contribution >= 4 is 17.4 Å². The smallest absolute Gasteiger partial charge is 0.410 e. The Kier molecular flexibility index (Phi) is 5.62. The van der Waals surface area contributed by atoms with E-state index in [9.17, 15) is 9.18 Å². The summed E-state index contributed by atoms with van der Waals surface area (Å²) in [5, 5.41) is 0. The first-order valence-electron chi connectivity index (χ1n) is 7.87. The quantitative estimate of drug-likeness (QED) is 0.842. The summed E-state index contributed by atoms with van der Waals surface area (Å²) in [5.41, 5.74) is 2.29. The van der Waals surface area contributed by atoms with E-state index in [0.717, 1.165) is 10.6 Å². The molecule has 0 bridgehead atoms. The summed E-state index contributed by atoms with van der Waals surface area (Å²) in [7, 11) is 1.70. The molecule has 0 radical (unpaired) electrons. The first-order chi connectivity index (χ1) is 10.7. The second-order valence-corrected chi connectivity index (χ2v) is 8.08. The molecule has 2 heterocycles. The van der Waals surface area contributed by atoms with Crippen molar-refractivity contribution in [1.29, 1.82) is 0 Å². The van der Waals surface area contributed by atoms with Gasteiger partial charge in [0.25, 0.3) is 0 Å². The molecule has 0 aromatic carbocycles. The second kappa shape index (κ2) is 7.13. The molecule has 1 amide bonds. The third-order valence-corrected chi connectivity index (χ3v) is 4.78. The van der Waals surface area contributed by atoms with Crippen molar-refractivity contribution in [2.75, 3.05) is 20.1 Å². The van der Waals surface area contributed by atoms with E-state index in [1.54, 1.807) is 23.3 Å². The van der Waals surface area contributed by atoms with Gasteiger partial charge in [0.05, 0.1) is 11.2 Å². The first kappa shape index (κ1) is 18.1. The van der Waals surface area contributed by atoms with Gasteiger partial charge in [-0.3, -0.25) is 4.90 Å². The first-order valence-corrected chi connectivity index (χ1v) is 8.75. The lowest BCUT2D eigenvalue weighted by Gasteiger charge is -2.30. The number of aromatic nitrogens is 1. The summed E-state index contributed by atoms with van der Waals surface area (Å²) in [4.78, 5) is 21.1. The van der Waals surface area contributed by atoms with E-state index in [1.165, 1.54) is 0 Å². The van der Waals surface area contributed by atoms with Crippen LogP contribution in [0.1, 0.15) is 37.8 Å². The molecule has 0 unspecified atom stereocenters. The number of alkyl halides is 1. The van der Waals surface area contributed by atoms with E-state index in [-0.39, 0.29) is 12.1 Å². The van der Waals surface area contributed by atoms with Crippen LogP contribution in [0.15, 0.2) is 5.51 Å². The van der Waals surface area contributed by atoms with Gasteiger partial charge in [-0.1, -0.05) is 0 Å². The number of hydrogen-bond donors (Lipinski definition) is 0. The molecule has 1 aliphatic heterocycles. The van der Waals surface area contributed by atoms with E-state index in [0.29, 0.717) is 26.1 Å². The Morgan fingerprint density at radius 1 is 1.57 bits per heavy atom. The van der Waals surface area contributed by atoms with Gasteiger partial charge in [-0.05, 0) is 34.1 Å². The van der Waals surface area contributed by atoms with Gasteiger partial charge < -0.3 is 9.64 Å². The van der Waals surface area contributed by atoms with Crippen LogP contribution in [0.25, 0.3) is 0 Å². The van der Waals surface area contributed by atoms with Gasteiger partial charge in [-0.15, -0.1) is 11.3 Å². The molecular weight excluding hydrogens is 317 g/mol. The number of halogens is 1. The SMILES string of the molecule is Cc1ncsc1CN1C[C@@H](F)C[C@H]1CN(C)C(=O)OC(C)(C)C. The summed E-state index contributed by atoms with van der Waals surface area (Å²) >= 11 is 1.59. The maximum Gasteiger partial charge on any atom is 0.410 e. The monoisotopic (exact) mass is 343 g/mol. The highest BCUT2D eigenvalue weighted by molar-refractivity contribution is 7.09. The van der Waals surface area contributed by atoms with Crippen molar-refractivity contribution in [2.45, 2.75) is 58.5 Å². The van der Waals surface area contributed by atoms with Gasteiger partial charge in [0.1, 0.15) is 11.8 Å². The van der Waals surface area contributed by atoms with Gasteiger partial charge >= 0.3 is 6.09 Å². The summed E-state index contributed by atoms with van der Waals surface area (Å²) < 4.78 is 19.3. The van der Waals surface area contributed by atoms with E-state index in [2.05, 4.69) is 9.88 Å². The van der Waals surface area contributed by atoms with Gasteiger partial charge in [0.15, 0.2) is 0 Å². The number of rotatable bonds is 4. The van der Waals surface area contributed by atoms with Gasteiger partial charge in [-0.25, -0.2) is 14.2 Å². The van der Waals surface area contributed by atoms with Crippen LogP contribution in [0.2, 0.25) is 0 Å². The van der Waals surface area contributed by atoms with Crippen LogP contribution in [0.3, 0.4) is 0 Å². The number of aryl methyl sites for hydroxylation is 1. The molecule has 2 atom stereocenters. The number of nitrogens with zero attached hydrogens (tertiary/aromatic N) is 3. The van der Waals surface area contributed by atoms with Crippen LogP contribution in [0, 0.1) is 6.92 Å². The van der Waals surface area contributed by atoms with Crippen molar-refractivity contribution in [3.8, 4) is 0 Å². The van der Waals surface area contributed by atoms with Crippen molar-refractivity contribution in [1.82, 2.24) is 14.8 Å². The number of likely N-dealkylation sites (tertiary alicyclic amines) is 1. The highest BCUT2D eigenvalue weighted by Gasteiger charge is 2.34. The molecule has 5 nitrogen and oxygen atoms in total.